The zero-order valence-corrected chi connectivity index (χ0v) is 18.7. The summed E-state index contributed by atoms with van der Waals surface area (Å²) in [5, 5.41) is 5.62. The van der Waals surface area contributed by atoms with E-state index in [1.807, 2.05) is 0 Å². The van der Waals surface area contributed by atoms with E-state index in [1.165, 1.54) is 20.4 Å². The predicted molar refractivity (Wildman–Crippen MR) is 127 cm³/mol. The highest BCUT2D eigenvalue weighted by molar-refractivity contribution is 6.06. The minimum absolute atomic E-state index is 0.321. The molecule has 0 fully saturated rings. The van der Waals surface area contributed by atoms with Crippen LogP contribution in [-0.4, -0.2) is 38.1 Å². The topological polar surface area (TPSA) is 98.8 Å². The van der Waals surface area contributed by atoms with Crippen LogP contribution in [0.2, 0.25) is 0 Å². The maximum atomic E-state index is 12.9. The van der Waals surface area contributed by atoms with Crippen LogP contribution in [0, 0.1) is 0 Å². The number of anilines is 2. The van der Waals surface area contributed by atoms with Gasteiger partial charge in [-0.1, -0.05) is 6.08 Å². The fourth-order valence-electron chi connectivity index (χ4n) is 3.25. The number of carbonyl (C=O) groups is 2. The molecule has 2 N–H and O–H groups in total. The Kier molecular flexibility index (Phi) is 7.64. The number of aromatic nitrogens is 1. The molecule has 0 saturated carbocycles. The lowest BCUT2D eigenvalue weighted by atomic mass is 10.0. The molecule has 3 rings (SSSR count). The molecule has 0 saturated heterocycles. The van der Waals surface area contributed by atoms with Crippen molar-refractivity contribution in [3.63, 3.8) is 0 Å². The van der Waals surface area contributed by atoms with Crippen LogP contribution >= 0.6 is 0 Å². The van der Waals surface area contributed by atoms with Crippen molar-refractivity contribution in [3.05, 3.63) is 84.2 Å². The van der Waals surface area contributed by atoms with Crippen LogP contribution < -0.4 is 24.8 Å². The second kappa shape index (κ2) is 10.8. The highest BCUT2D eigenvalue weighted by Gasteiger charge is 2.17. The number of hydrogen-bond acceptors (Lipinski definition) is 6. The molecule has 1 heterocycles. The molecule has 2 aromatic carbocycles. The van der Waals surface area contributed by atoms with Gasteiger partial charge in [-0.2, -0.15) is 0 Å². The summed E-state index contributed by atoms with van der Waals surface area (Å²) in [5.41, 5.74) is 2.56. The third kappa shape index (κ3) is 5.48. The van der Waals surface area contributed by atoms with Gasteiger partial charge in [-0.25, -0.2) is 0 Å². The van der Waals surface area contributed by atoms with Gasteiger partial charge in [0.1, 0.15) is 5.75 Å². The summed E-state index contributed by atoms with van der Waals surface area (Å²) in [6.07, 6.45) is 5.30. The number of benzene rings is 2. The molecule has 0 atom stereocenters. The number of ether oxygens (including phenoxy) is 3. The van der Waals surface area contributed by atoms with E-state index in [4.69, 9.17) is 14.2 Å². The van der Waals surface area contributed by atoms with E-state index in [0.29, 0.717) is 46.2 Å². The Hall–Kier alpha value is -4.33. The lowest BCUT2D eigenvalue weighted by Crippen LogP contribution is -2.14. The van der Waals surface area contributed by atoms with Gasteiger partial charge in [0.2, 0.25) is 0 Å². The molecular formula is C25H25N3O5. The molecular weight excluding hydrogens is 422 g/mol. The number of carbonyl (C=O) groups excluding carboxylic acids is 2. The van der Waals surface area contributed by atoms with Crippen LogP contribution in [-0.2, 0) is 6.42 Å². The Labute approximate surface area is 192 Å². The minimum atomic E-state index is -0.338. The Balaban J connectivity index is 1.82. The summed E-state index contributed by atoms with van der Waals surface area (Å²) in [6, 6.07) is 11.6. The summed E-state index contributed by atoms with van der Waals surface area (Å²) in [7, 11) is 4.54. The summed E-state index contributed by atoms with van der Waals surface area (Å²) >= 11 is 0. The number of rotatable bonds is 9. The number of amides is 2. The fourth-order valence-corrected chi connectivity index (χ4v) is 3.25. The molecule has 0 spiro atoms. The maximum Gasteiger partial charge on any atom is 0.257 e. The third-order valence-electron chi connectivity index (χ3n) is 4.81. The zero-order valence-electron chi connectivity index (χ0n) is 18.7. The number of nitrogens with zero attached hydrogens (tertiary/aromatic N) is 1. The Morgan fingerprint density at radius 2 is 1.70 bits per heavy atom. The van der Waals surface area contributed by atoms with Gasteiger partial charge < -0.3 is 24.8 Å². The normalized spacial score (nSPS) is 10.2. The highest BCUT2D eigenvalue weighted by Crippen LogP contribution is 2.34. The number of hydrogen-bond donors (Lipinski definition) is 2. The maximum absolute atomic E-state index is 12.9. The van der Waals surface area contributed by atoms with Crippen molar-refractivity contribution in [2.45, 2.75) is 6.42 Å². The molecule has 2 amide bonds. The molecule has 8 nitrogen and oxygen atoms in total. The molecule has 170 valence electrons. The fraction of sp³-hybridized carbons (Fsp3) is 0.160. The molecule has 8 heteroatoms. The van der Waals surface area contributed by atoms with Crippen molar-refractivity contribution in [3.8, 4) is 17.2 Å². The van der Waals surface area contributed by atoms with Crippen LogP contribution in [0.5, 0.6) is 17.2 Å². The number of nitrogens with one attached hydrogen (secondary N) is 2. The van der Waals surface area contributed by atoms with E-state index in [2.05, 4.69) is 22.2 Å². The Morgan fingerprint density at radius 1 is 0.939 bits per heavy atom. The van der Waals surface area contributed by atoms with E-state index < -0.39 is 0 Å². The lowest BCUT2D eigenvalue weighted by molar-refractivity contribution is 0.101. The van der Waals surface area contributed by atoms with E-state index in [9.17, 15) is 9.59 Å². The summed E-state index contributed by atoms with van der Waals surface area (Å²) < 4.78 is 16.2. The average Bonchev–Trinajstić information content (AvgIpc) is 2.84. The minimum Gasteiger partial charge on any atom is -0.494 e. The largest absolute Gasteiger partial charge is 0.494 e. The SMILES string of the molecule is C=CCc1cc(C(=O)Nc2ccc(NC(=O)c3cccnc3)c(OC)c2)cc(OC)c1OC. The van der Waals surface area contributed by atoms with Gasteiger partial charge >= 0.3 is 0 Å². The first kappa shape index (κ1) is 23.3. The van der Waals surface area contributed by atoms with E-state index >= 15 is 0 Å². The second-order valence-electron chi connectivity index (χ2n) is 6.93. The van der Waals surface area contributed by atoms with E-state index in [1.54, 1.807) is 61.8 Å². The van der Waals surface area contributed by atoms with Gasteiger partial charge in [-0.3, -0.25) is 14.6 Å². The highest BCUT2D eigenvalue weighted by atomic mass is 16.5. The van der Waals surface area contributed by atoms with Gasteiger partial charge in [0.25, 0.3) is 11.8 Å². The van der Waals surface area contributed by atoms with E-state index in [-0.39, 0.29) is 11.8 Å². The summed E-state index contributed by atoms with van der Waals surface area (Å²) in [5.74, 6) is 0.746. The molecule has 0 bridgehead atoms. The standard InChI is InChI=1S/C25H25N3O5/c1-5-7-16-12-18(13-22(32-3)23(16)33-4)25(30)27-19-9-10-20(21(14-19)31-2)28-24(29)17-8-6-11-26-15-17/h5-6,8-15H,1,7H2,2-4H3,(H,27,30)(H,28,29). The number of methoxy groups -OCH3 is 3. The molecule has 1 aromatic heterocycles. The molecule has 0 radical (unpaired) electrons. The van der Waals surface area contributed by atoms with Gasteiger partial charge in [0, 0.05) is 35.3 Å². The first-order valence-electron chi connectivity index (χ1n) is 10.1. The number of pyridine rings is 1. The van der Waals surface area contributed by atoms with Crippen molar-refractivity contribution >= 4 is 23.2 Å². The molecule has 0 aliphatic rings. The Morgan fingerprint density at radius 3 is 2.33 bits per heavy atom. The second-order valence-corrected chi connectivity index (χ2v) is 6.93. The van der Waals surface area contributed by atoms with Gasteiger partial charge in [-0.05, 0) is 42.8 Å². The van der Waals surface area contributed by atoms with Crippen molar-refractivity contribution in [2.75, 3.05) is 32.0 Å². The van der Waals surface area contributed by atoms with Gasteiger partial charge in [0.15, 0.2) is 11.5 Å². The van der Waals surface area contributed by atoms with Crippen LogP contribution in [0.4, 0.5) is 11.4 Å². The van der Waals surface area contributed by atoms with E-state index in [0.717, 1.165) is 5.56 Å². The molecule has 3 aromatic rings. The molecule has 0 aliphatic carbocycles. The van der Waals surface area contributed by atoms with Crippen LogP contribution in [0.3, 0.4) is 0 Å². The van der Waals surface area contributed by atoms with Crippen molar-refractivity contribution < 1.29 is 23.8 Å². The first-order chi connectivity index (χ1) is 16.0. The summed E-state index contributed by atoms with van der Waals surface area (Å²) in [4.78, 5) is 29.3. The zero-order chi connectivity index (χ0) is 23.8. The van der Waals surface area contributed by atoms with Crippen molar-refractivity contribution in [1.82, 2.24) is 4.98 Å². The molecule has 0 aliphatic heterocycles. The summed E-state index contributed by atoms with van der Waals surface area (Å²) in [6.45, 7) is 3.75. The monoisotopic (exact) mass is 447 g/mol. The average molecular weight is 447 g/mol. The quantitative estimate of drug-likeness (QED) is 0.474. The van der Waals surface area contributed by atoms with Gasteiger partial charge in [-0.15, -0.1) is 6.58 Å². The van der Waals surface area contributed by atoms with Crippen molar-refractivity contribution in [2.24, 2.45) is 0 Å². The van der Waals surface area contributed by atoms with Crippen molar-refractivity contribution in [1.29, 1.82) is 0 Å². The lowest BCUT2D eigenvalue weighted by Gasteiger charge is -2.15. The third-order valence-corrected chi connectivity index (χ3v) is 4.81. The molecule has 33 heavy (non-hydrogen) atoms. The number of allylic oxidation sites excluding steroid dienone is 1. The Bertz CT molecular complexity index is 1160. The molecule has 0 unspecified atom stereocenters. The first-order valence-corrected chi connectivity index (χ1v) is 10.1. The van der Waals surface area contributed by atoms with Crippen LogP contribution in [0.15, 0.2) is 67.5 Å². The van der Waals surface area contributed by atoms with Crippen LogP contribution in [0.1, 0.15) is 26.3 Å². The van der Waals surface area contributed by atoms with Gasteiger partial charge in [0.05, 0.1) is 32.6 Å². The van der Waals surface area contributed by atoms with Crippen LogP contribution in [0.25, 0.3) is 0 Å². The smallest absolute Gasteiger partial charge is 0.257 e. The predicted octanol–water partition coefficient (Wildman–Crippen LogP) is 4.34.